The molecule has 0 saturated heterocycles. The summed E-state index contributed by atoms with van der Waals surface area (Å²) in [6, 6.07) is 0. The fraction of sp³-hybridized carbons (Fsp3) is 0. The molecule has 0 bridgehead atoms. The molecule has 0 aliphatic rings. The van der Waals surface area contributed by atoms with Gasteiger partial charge in [-0.25, -0.2) is 0 Å². The van der Waals surface area contributed by atoms with Crippen LogP contribution in [-0.4, -0.2) is 11.0 Å². The lowest BCUT2D eigenvalue weighted by atomic mass is 16.0. The Bertz CT molecular complexity index is 4.00. The van der Waals surface area contributed by atoms with Crippen LogP contribution in [0.1, 0.15) is 0 Å². The van der Waals surface area contributed by atoms with Crippen molar-refractivity contribution in [2.45, 2.75) is 0 Å². The maximum Gasteiger partial charge on any atom is -0.147 e. The third-order valence-electron chi connectivity index (χ3n) is 0. The molecule has 4 heavy (non-hydrogen) atoms. The van der Waals surface area contributed by atoms with E-state index in [4.69, 9.17) is 0 Å². The number of halogens is 2. The number of rotatable bonds is 0. The molecule has 0 amide bonds. The van der Waals surface area contributed by atoms with Crippen molar-refractivity contribution in [3.8, 4) is 0 Å². The molecule has 0 aromatic rings. The maximum absolute atomic E-state index is 0. The Labute approximate surface area is 36.6 Å². The van der Waals surface area contributed by atoms with Crippen molar-refractivity contribution in [2.75, 3.05) is 0 Å². The molecular formula is H6Cl2O2. The largest absolute Gasteiger partial charge is 0.412 e. The highest BCUT2D eigenvalue weighted by Gasteiger charge is -0.146. The van der Waals surface area contributed by atoms with Crippen molar-refractivity contribution < 1.29 is 11.0 Å². The van der Waals surface area contributed by atoms with Crippen molar-refractivity contribution in [2.24, 2.45) is 0 Å². The Morgan fingerprint density at radius 1 is 0.500 bits per heavy atom. The Hall–Kier alpha value is 0.500. The van der Waals surface area contributed by atoms with E-state index >= 15 is 0 Å². The highest BCUT2D eigenvalue weighted by Crippen LogP contribution is 0.691. The SMILES string of the molecule is Cl.Cl.O.O. The maximum atomic E-state index is 0. The first kappa shape index (κ1) is 221. The Balaban J connectivity index is 0. The highest BCUT2D eigenvalue weighted by atomic mass is 35.5. The van der Waals surface area contributed by atoms with E-state index in [9.17, 15) is 0 Å². The lowest BCUT2D eigenvalue weighted by molar-refractivity contribution is 0.823. The Kier molecular flexibility index (Phi) is 4820. The standard InChI is InChI=1S/2ClH.2H2O/h2*1H;2*1H2. The van der Waals surface area contributed by atoms with Gasteiger partial charge in [0, 0.05) is 0 Å². The van der Waals surface area contributed by atoms with Gasteiger partial charge >= 0.3 is 0 Å². The van der Waals surface area contributed by atoms with Crippen LogP contribution in [0.25, 0.3) is 0 Å². The van der Waals surface area contributed by atoms with Crippen LogP contribution >= 0.6 is 24.8 Å². The summed E-state index contributed by atoms with van der Waals surface area (Å²) < 4.78 is 0. The second-order valence-corrected chi connectivity index (χ2v) is 0. The summed E-state index contributed by atoms with van der Waals surface area (Å²) in [7, 11) is 0. The molecule has 0 unspecified atom stereocenters. The summed E-state index contributed by atoms with van der Waals surface area (Å²) in [4.78, 5) is 0. The second-order valence-electron chi connectivity index (χ2n) is 0. The zero-order chi connectivity index (χ0) is 0. The van der Waals surface area contributed by atoms with Gasteiger partial charge in [0.15, 0.2) is 0 Å². The van der Waals surface area contributed by atoms with Crippen LogP contribution in [0.3, 0.4) is 0 Å². The third kappa shape index (κ3) is 22.5. The molecule has 4 N–H and O–H groups in total. The van der Waals surface area contributed by atoms with E-state index in [1.54, 1.807) is 0 Å². The first-order chi connectivity index (χ1) is 0. The van der Waals surface area contributed by atoms with Crippen molar-refractivity contribution in [1.82, 2.24) is 0 Å². The summed E-state index contributed by atoms with van der Waals surface area (Å²) in [5.41, 5.74) is 0. The smallest absolute Gasteiger partial charge is 0.147 e. The predicted octanol–water partition coefficient (Wildman–Crippen LogP) is -0.806. The fourth-order valence-electron chi connectivity index (χ4n) is 0. The van der Waals surface area contributed by atoms with Crippen molar-refractivity contribution >= 4 is 24.8 Å². The molecule has 0 heterocycles. The average Bonchev–Trinajstić information content (AvgIpc) is 0. The Morgan fingerprint density at radius 3 is 0.500 bits per heavy atom. The minimum atomic E-state index is 0. The first-order valence-electron chi connectivity index (χ1n) is 0. The predicted molar refractivity (Wildman–Crippen MR) is 21.7 cm³/mol. The van der Waals surface area contributed by atoms with Gasteiger partial charge in [-0.2, -0.15) is 0 Å². The van der Waals surface area contributed by atoms with Gasteiger partial charge in [0.25, 0.3) is 0 Å². The van der Waals surface area contributed by atoms with E-state index in [0.717, 1.165) is 0 Å². The van der Waals surface area contributed by atoms with E-state index in [1.165, 1.54) is 0 Å². The Morgan fingerprint density at radius 2 is 0.500 bits per heavy atom. The number of hydrogen-bond donors (Lipinski definition) is 0. The average molecular weight is 109 g/mol. The molecule has 4 heteroatoms. The van der Waals surface area contributed by atoms with Gasteiger partial charge in [-0.3, -0.25) is 0 Å². The summed E-state index contributed by atoms with van der Waals surface area (Å²) in [6.45, 7) is 0. The van der Waals surface area contributed by atoms with Crippen LogP contribution in [0.15, 0.2) is 0 Å². The summed E-state index contributed by atoms with van der Waals surface area (Å²) in [5.74, 6) is 0. The summed E-state index contributed by atoms with van der Waals surface area (Å²) in [5, 5.41) is 0. The molecule has 0 aliphatic carbocycles. The highest BCUT2D eigenvalue weighted by molar-refractivity contribution is 5.85. The van der Waals surface area contributed by atoms with E-state index in [1.807, 2.05) is 0 Å². The van der Waals surface area contributed by atoms with Crippen LogP contribution < -0.4 is 0 Å². The lowest BCUT2D eigenvalue weighted by Gasteiger charge is -0.413. The minimum absolute atomic E-state index is 0. The topological polar surface area (TPSA) is 63.0 Å². The molecule has 0 radical (unpaired) electrons. The van der Waals surface area contributed by atoms with E-state index in [2.05, 4.69) is 0 Å². The van der Waals surface area contributed by atoms with Crippen LogP contribution in [0.5, 0.6) is 0 Å². The van der Waals surface area contributed by atoms with Gasteiger partial charge in [-0.1, -0.05) is 0 Å². The fourth-order valence-corrected chi connectivity index (χ4v) is 0. The van der Waals surface area contributed by atoms with Crippen molar-refractivity contribution in [1.29, 1.82) is 0 Å². The first-order valence-corrected chi connectivity index (χ1v) is 0. The lowest BCUT2D eigenvalue weighted by Crippen LogP contribution is -0.290. The molecule has 0 aromatic carbocycles. The molecule has 0 atom stereocenters. The van der Waals surface area contributed by atoms with E-state index < -0.39 is 0 Å². The molecule has 0 saturated carbocycles. The second kappa shape index (κ2) is 87.5. The molecule has 32 valence electrons. The molecule has 0 aliphatic heterocycles. The molecule has 0 spiro atoms. The van der Waals surface area contributed by atoms with Crippen LogP contribution in [0.4, 0.5) is 0 Å². The monoisotopic (exact) mass is 108 g/mol. The molecule has 2 nitrogen and oxygen atoms in total. The van der Waals surface area contributed by atoms with E-state index in [0.29, 0.717) is 0 Å². The molecular weight excluding hydrogens is 103 g/mol. The zero-order valence-corrected chi connectivity index (χ0v) is 3.45. The quantitative estimate of drug-likeness (QED) is 0.390. The van der Waals surface area contributed by atoms with Gasteiger partial charge in [0.1, 0.15) is 0 Å². The van der Waals surface area contributed by atoms with Gasteiger partial charge in [0.05, 0.1) is 0 Å². The molecule has 0 rings (SSSR count). The van der Waals surface area contributed by atoms with Crippen LogP contribution in [0.2, 0.25) is 0 Å². The summed E-state index contributed by atoms with van der Waals surface area (Å²) >= 11 is 0. The van der Waals surface area contributed by atoms with Gasteiger partial charge < -0.3 is 11.0 Å². The molecule has 0 fully saturated rings. The number of hydrogen-bond acceptors (Lipinski definition) is 0. The molecule has 0 aromatic heterocycles. The zero-order valence-electron chi connectivity index (χ0n) is 1.82. The minimum Gasteiger partial charge on any atom is -0.412 e. The van der Waals surface area contributed by atoms with Crippen LogP contribution in [0, 0.1) is 0 Å². The van der Waals surface area contributed by atoms with Gasteiger partial charge in [-0.15, -0.1) is 24.8 Å². The van der Waals surface area contributed by atoms with E-state index in [-0.39, 0.29) is 35.8 Å². The summed E-state index contributed by atoms with van der Waals surface area (Å²) in [6.07, 6.45) is 0. The van der Waals surface area contributed by atoms with Crippen molar-refractivity contribution in [3.63, 3.8) is 0 Å². The van der Waals surface area contributed by atoms with Gasteiger partial charge in [0.2, 0.25) is 0 Å². The van der Waals surface area contributed by atoms with Crippen LogP contribution in [-0.2, 0) is 0 Å². The van der Waals surface area contributed by atoms with Crippen molar-refractivity contribution in [3.05, 3.63) is 0 Å². The third-order valence-corrected chi connectivity index (χ3v) is 0. The van der Waals surface area contributed by atoms with Gasteiger partial charge in [-0.05, 0) is 0 Å². The normalized spacial score (nSPS) is 0.